The highest BCUT2D eigenvalue weighted by atomic mass is 16.5. The van der Waals surface area contributed by atoms with Crippen LogP contribution in [0, 0.1) is 13.8 Å². The van der Waals surface area contributed by atoms with Crippen molar-refractivity contribution in [3.8, 4) is 0 Å². The van der Waals surface area contributed by atoms with Crippen molar-refractivity contribution < 1.29 is 9.26 Å². The largest absolute Gasteiger partial charge is 0.374 e. The van der Waals surface area contributed by atoms with Crippen molar-refractivity contribution in [2.75, 3.05) is 19.7 Å². The monoisotopic (exact) mass is 318 g/mol. The lowest BCUT2D eigenvalue weighted by Gasteiger charge is -2.32. The molecule has 2 aromatic heterocycles. The van der Waals surface area contributed by atoms with E-state index < -0.39 is 0 Å². The summed E-state index contributed by atoms with van der Waals surface area (Å²) in [5.41, 5.74) is 0. The second-order valence-corrected chi connectivity index (χ2v) is 6.44. The van der Waals surface area contributed by atoms with Gasteiger partial charge in [0.2, 0.25) is 5.89 Å². The summed E-state index contributed by atoms with van der Waals surface area (Å²) in [6.45, 7) is 7.76. The Hall–Kier alpha value is -1.80. The third kappa shape index (κ3) is 3.42. The summed E-state index contributed by atoms with van der Waals surface area (Å²) < 4.78 is 13.1. The van der Waals surface area contributed by atoms with Gasteiger partial charge in [-0.2, -0.15) is 10.1 Å². The Balaban J connectivity index is 1.35. The Kier molecular flexibility index (Phi) is 3.86. The zero-order valence-corrected chi connectivity index (χ0v) is 13.6. The van der Waals surface area contributed by atoms with E-state index in [1.807, 2.05) is 18.5 Å². The molecular formula is C15H22N6O2. The zero-order valence-electron chi connectivity index (χ0n) is 13.6. The van der Waals surface area contributed by atoms with Crippen molar-refractivity contribution in [2.24, 2.45) is 0 Å². The fourth-order valence-corrected chi connectivity index (χ4v) is 2.99. The van der Waals surface area contributed by atoms with E-state index in [9.17, 15) is 0 Å². The highest BCUT2D eigenvalue weighted by Gasteiger charge is 2.30. The Labute approximate surface area is 134 Å². The van der Waals surface area contributed by atoms with Crippen LogP contribution in [0.3, 0.4) is 0 Å². The Bertz CT molecular complexity index is 677. The van der Waals surface area contributed by atoms with E-state index in [1.165, 1.54) is 12.8 Å². The first-order valence-corrected chi connectivity index (χ1v) is 8.22. The van der Waals surface area contributed by atoms with Gasteiger partial charge >= 0.3 is 0 Å². The van der Waals surface area contributed by atoms with E-state index in [1.54, 1.807) is 0 Å². The number of morpholine rings is 1. The number of hydrogen-bond acceptors (Lipinski definition) is 7. The van der Waals surface area contributed by atoms with Gasteiger partial charge in [-0.05, 0) is 26.7 Å². The molecule has 1 aliphatic carbocycles. The van der Waals surface area contributed by atoms with Crippen molar-refractivity contribution in [1.82, 2.24) is 29.8 Å². The molecule has 4 rings (SSSR count). The van der Waals surface area contributed by atoms with E-state index in [0.717, 1.165) is 43.0 Å². The van der Waals surface area contributed by atoms with Crippen LogP contribution < -0.4 is 0 Å². The Morgan fingerprint density at radius 2 is 2.09 bits per heavy atom. The lowest BCUT2D eigenvalue weighted by Crippen LogP contribution is -2.44. The zero-order chi connectivity index (χ0) is 15.8. The van der Waals surface area contributed by atoms with E-state index in [4.69, 9.17) is 9.26 Å². The minimum Gasteiger partial charge on any atom is -0.374 e. The van der Waals surface area contributed by atoms with Gasteiger partial charge in [0.05, 0.1) is 25.8 Å². The average Bonchev–Trinajstić information content (AvgIpc) is 3.19. The van der Waals surface area contributed by atoms with Gasteiger partial charge < -0.3 is 9.26 Å². The first-order chi connectivity index (χ1) is 11.2. The van der Waals surface area contributed by atoms with Crippen LogP contribution >= 0.6 is 0 Å². The normalized spacial score (nSPS) is 22.6. The number of hydrogen-bond donors (Lipinski definition) is 0. The van der Waals surface area contributed by atoms with Gasteiger partial charge in [0.1, 0.15) is 11.6 Å². The van der Waals surface area contributed by atoms with Crippen molar-refractivity contribution in [3.63, 3.8) is 0 Å². The van der Waals surface area contributed by atoms with Crippen molar-refractivity contribution in [2.45, 2.75) is 51.8 Å². The van der Waals surface area contributed by atoms with Crippen LogP contribution in [0.25, 0.3) is 0 Å². The summed E-state index contributed by atoms with van der Waals surface area (Å²) in [6.07, 6.45) is 2.47. The molecule has 0 bridgehead atoms. The summed E-state index contributed by atoms with van der Waals surface area (Å²) in [5, 5.41) is 8.51. The van der Waals surface area contributed by atoms with Crippen LogP contribution in [0.1, 0.15) is 42.1 Å². The number of rotatable bonds is 5. The number of aromatic nitrogens is 5. The summed E-state index contributed by atoms with van der Waals surface area (Å²) >= 11 is 0. The average molecular weight is 318 g/mol. The number of aryl methyl sites for hydroxylation is 2. The molecule has 1 atom stereocenters. The van der Waals surface area contributed by atoms with Gasteiger partial charge in [-0.25, -0.2) is 9.67 Å². The molecule has 2 fully saturated rings. The smallest absolute Gasteiger partial charge is 0.229 e. The molecule has 124 valence electrons. The maximum Gasteiger partial charge on any atom is 0.229 e. The van der Waals surface area contributed by atoms with E-state index in [0.29, 0.717) is 19.1 Å². The van der Waals surface area contributed by atoms with Gasteiger partial charge in [0.15, 0.2) is 5.82 Å². The molecule has 0 amide bonds. The third-order valence-electron chi connectivity index (χ3n) is 4.34. The van der Waals surface area contributed by atoms with Crippen molar-refractivity contribution in [1.29, 1.82) is 0 Å². The molecule has 2 aromatic rings. The quantitative estimate of drug-likeness (QED) is 0.815. The third-order valence-corrected chi connectivity index (χ3v) is 4.34. The Morgan fingerprint density at radius 1 is 1.22 bits per heavy atom. The van der Waals surface area contributed by atoms with E-state index in [-0.39, 0.29) is 6.10 Å². The maximum absolute atomic E-state index is 5.87. The standard InChI is InChI=1S/C15H22N6O2/c1-10-16-11(2)21(18-10)8-13-7-20(5-6-22-13)9-14-17-15(23-19-14)12-3-4-12/h12-13H,3-9H2,1-2H3/t13-/m0/s1. The summed E-state index contributed by atoms with van der Waals surface area (Å²) in [4.78, 5) is 11.2. The molecule has 0 N–H and O–H groups in total. The molecule has 1 saturated carbocycles. The molecule has 3 heterocycles. The first-order valence-electron chi connectivity index (χ1n) is 8.22. The van der Waals surface area contributed by atoms with Crippen molar-refractivity contribution >= 4 is 0 Å². The van der Waals surface area contributed by atoms with Crippen LogP contribution in [-0.2, 0) is 17.8 Å². The first kappa shape index (κ1) is 14.8. The van der Waals surface area contributed by atoms with Crippen LogP contribution in [0.15, 0.2) is 4.52 Å². The molecule has 8 nitrogen and oxygen atoms in total. The molecule has 23 heavy (non-hydrogen) atoms. The fourth-order valence-electron chi connectivity index (χ4n) is 2.99. The SMILES string of the molecule is Cc1nc(C)n(C[C@@H]2CN(Cc3noc(C4CC4)n3)CCO2)n1. The molecule has 0 radical (unpaired) electrons. The van der Waals surface area contributed by atoms with E-state index >= 15 is 0 Å². The molecule has 1 aliphatic heterocycles. The van der Waals surface area contributed by atoms with Gasteiger partial charge in [-0.3, -0.25) is 4.90 Å². The number of ether oxygens (including phenoxy) is 1. The molecule has 1 saturated heterocycles. The minimum atomic E-state index is 0.110. The summed E-state index contributed by atoms with van der Waals surface area (Å²) in [6, 6.07) is 0. The predicted molar refractivity (Wildman–Crippen MR) is 80.8 cm³/mol. The second-order valence-electron chi connectivity index (χ2n) is 6.44. The lowest BCUT2D eigenvalue weighted by molar-refractivity contribution is -0.0413. The van der Waals surface area contributed by atoms with Crippen LogP contribution in [0.5, 0.6) is 0 Å². The molecule has 0 unspecified atom stereocenters. The molecule has 0 aromatic carbocycles. The van der Waals surface area contributed by atoms with Crippen molar-refractivity contribution in [3.05, 3.63) is 23.4 Å². The second kappa shape index (κ2) is 6.01. The Morgan fingerprint density at radius 3 is 2.83 bits per heavy atom. The lowest BCUT2D eigenvalue weighted by atomic mass is 10.2. The van der Waals surface area contributed by atoms with Gasteiger partial charge in [0, 0.05) is 19.0 Å². The predicted octanol–water partition coefficient (Wildman–Crippen LogP) is 1.06. The van der Waals surface area contributed by atoms with Gasteiger partial charge in [-0.15, -0.1) is 0 Å². The topological polar surface area (TPSA) is 82.1 Å². The number of nitrogens with zero attached hydrogens (tertiary/aromatic N) is 6. The molecule has 0 spiro atoms. The summed E-state index contributed by atoms with van der Waals surface area (Å²) in [5.74, 6) is 3.82. The maximum atomic E-state index is 5.87. The van der Waals surface area contributed by atoms with Gasteiger partial charge in [-0.1, -0.05) is 5.16 Å². The van der Waals surface area contributed by atoms with Gasteiger partial charge in [0.25, 0.3) is 0 Å². The fraction of sp³-hybridized carbons (Fsp3) is 0.733. The van der Waals surface area contributed by atoms with Crippen LogP contribution in [-0.4, -0.2) is 55.6 Å². The molecular weight excluding hydrogens is 296 g/mol. The molecule has 8 heteroatoms. The van der Waals surface area contributed by atoms with Crippen LogP contribution in [0.2, 0.25) is 0 Å². The highest BCUT2D eigenvalue weighted by molar-refractivity contribution is 5.01. The minimum absolute atomic E-state index is 0.110. The summed E-state index contributed by atoms with van der Waals surface area (Å²) in [7, 11) is 0. The van der Waals surface area contributed by atoms with E-state index in [2.05, 4.69) is 25.1 Å². The highest BCUT2D eigenvalue weighted by Crippen LogP contribution is 2.38. The molecule has 2 aliphatic rings. The van der Waals surface area contributed by atoms with Crippen LogP contribution in [0.4, 0.5) is 0 Å².